The first kappa shape index (κ1) is 18.3. The van der Waals surface area contributed by atoms with Crippen LogP contribution in [-0.4, -0.2) is 21.7 Å². The Labute approximate surface area is 157 Å². The summed E-state index contributed by atoms with van der Waals surface area (Å²) in [5, 5.41) is 6.04. The zero-order valence-corrected chi connectivity index (χ0v) is 15.1. The number of carbonyl (C=O) groups is 2. The Hall–Kier alpha value is -3.54. The molecule has 2 aromatic carbocycles. The third kappa shape index (κ3) is 4.76. The number of nitrogens with zero attached hydrogens (tertiary/aromatic N) is 2. The summed E-state index contributed by atoms with van der Waals surface area (Å²) in [6.45, 7) is 3.44. The Morgan fingerprint density at radius 2 is 1.67 bits per heavy atom. The summed E-state index contributed by atoms with van der Waals surface area (Å²) in [5.41, 5.74) is 2.69. The van der Waals surface area contributed by atoms with Crippen LogP contribution in [-0.2, 0) is 0 Å². The van der Waals surface area contributed by atoms with E-state index in [2.05, 4.69) is 20.6 Å². The zero-order valence-electron chi connectivity index (χ0n) is 15.1. The number of Topliss-reactive ketones (excluding diaryl/α,β-unsaturated/α-hetero) is 1. The molecule has 1 amide bonds. The van der Waals surface area contributed by atoms with E-state index in [1.807, 2.05) is 37.3 Å². The van der Waals surface area contributed by atoms with Gasteiger partial charge in [-0.25, -0.2) is 9.97 Å². The lowest BCUT2D eigenvalue weighted by Crippen LogP contribution is -2.27. The fraction of sp³-hybridized carbons (Fsp3) is 0.143. The molecule has 1 heterocycles. The second-order valence-corrected chi connectivity index (χ2v) is 6.15. The topological polar surface area (TPSA) is 84.0 Å². The first-order valence-corrected chi connectivity index (χ1v) is 8.59. The van der Waals surface area contributed by atoms with Crippen molar-refractivity contribution < 1.29 is 9.59 Å². The highest BCUT2D eigenvalue weighted by Crippen LogP contribution is 2.17. The van der Waals surface area contributed by atoms with Crippen molar-refractivity contribution in [3.05, 3.63) is 83.8 Å². The Morgan fingerprint density at radius 3 is 2.33 bits per heavy atom. The highest BCUT2D eigenvalue weighted by Gasteiger charge is 2.13. The van der Waals surface area contributed by atoms with E-state index in [0.29, 0.717) is 11.4 Å². The van der Waals surface area contributed by atoms with Gasteiger partial charge in [0.05, 0.1) is 6.04 Å². The number of benzene rings is 2. The molecule has 0 bridgehead atoms. The van der Waals surface area contributed by atoms with Crippen molar-refractivity contribution in [1.82, 2.24) is 15.3 Å². The maximum absolute atomic E-state index is 12.5. The molecule has 0 aliphatic heterocycles. The Balaban J connectivity index is 1.69. The maximum atomic E-state index is 12.5. The van der Waals surface area contributed by atoms with Crippen molar-refractivity contribution in [3.8, 4) is 0 Å². The SMILES string of the molecule is CC(=O)c1ccc(Nc2cc(C(=O)NC(C)c3ccccc3)ncn2)cc1. The number of hydrogen-bond donors (Lipinski definition) is 2. The smallest absolute Gasteiger partial charge is 0.270 e. The van der Waals surface area contributed by atoms with E-state index in [4.69, 9.17) is 0 Å². The molecule has 1 atom stereocenters. The highest BCUT2D eigenvalue weighted by atomic mass is 16.2. The third-order valence-electron chi connectivity index (χ3n) is 4.11. The van der Waals surface area contributed by atoms with Crippen molar-refractivity contribution in [3.63, 3.8) is 0 Å². The summed E-state index contributed by atoms with van der Waals surface area (Å²) < 4.78 is 0. The van der Waals surface area contributed by atoms with Gasteiger partial charge in [-0.2, -0.15) is 0 Å². The fourth-order valence-corrected chi connectivity index (χ4v) is 2.58. The lowest BCUT2D eigenvalue weighted by Gasteiger charge is -2.14. The lowest BCUT2D eigenvalue weighted by molar-refractivity contribution is 0.0934. The number of ketones is 1. The predicted molar refractivity (Wildman–Crippen MR) is 104 cm³/mol. The molecule has 0 aliphatic rings. The molecule has 2 N–H and O–H groups in total. The minimum Gasteiger partial charge on any atom is -0.344 e. The summed E-state index contributed by atoms with van der Waals surface area (Å²) >= 11 is 0. The minimum absolute atomic E-state index is 0.00933. The largest absolute Gasteiger partial charge is 0.344 e. The summed E-state index contributed by atoms with van der Waals surface area (Å²) in [7, 11) is 0. The number of carbonyl (C=O) groups excluding carboxylic acids is 2. The van der Waals surface area contributed by atoms with E-state index in [1.165, 1.54) is 13.3 Å². The quantitative estimate of drug-likeness (QED) is 0.651. The van der Waals surface area contributed by atoms with Crippen LogP contribution >= 0.6 is 0 Å². The summed E-state index contributed by atoms with van der Waals surface area (Å²) in [6, 6.07) is 18.2. The van der Waals surface area contributed by atoms with Crippen molar-refractivity contribution in [2.45, 2.75) is 19.9 Å². The Morgan fingerprint density at radius 1 is 0.963 bits per heavy atom. The molecule has 27 heavy (non-hydrogen) atoms. The van der Waals surface area contributed by atoms with E-state index < -0.39 is 0 Å². The molecule has 1 unspecified atom stereocenters. The van der Waals surface area contributed by atoms with Gasteiger partial charge in [-0.15, -0.1) is 0 Å². The van der Waals surface area contributed by atoms with Crippen molar-refractivity contribution in [1.29, 1.82) is 0 Å². The van der Waals surface area contributed by atoms with Crippen LogP contribution in [0.4, 0.5) is 11.5 Å². The standard InChI is InChI=1S/C21H20N4O2/c1-14(16-6-4-3-5-7-16)24-21(27)19-12-20(23-13-22-19)25-18-10-8-17(9-11-18)15(2)26/h3-14H,1-2H3,(H,24,27)(H,22,23,25). The lowest BCUT2D eigenvalue weighted by atomic mass is 10.1. The molecule has 1 aromatic heterocycles. The monoisotopic (exact) mass is 360 g/mol. The van der Waals surface area contributed by atoms with E-state index in [0.717, 1.165) is 11.3 Å². The van der Waals surface area contributed by atoms with Crippen LogP contribution in [0.25, 0.3) is 0 Å². The van der Waals surface area contributed by atoms with E-state index in [1.54, 1.807) is 30.3 Å². The summed E-state index contributed by atoms with van der Waals surface area (Å²) in [6.07, 6.45) is 1.34. The molecule has 6 nitrogen and oxygen atoms in total. The predicted octanol–water partition coefficient (Wildman–Crippen LogP) is 3.91. The number of anilines is 2. The van der Waals surface area contributed by atoms with Gasteiger partial charge in [0.25, 0.3) is 5.91 Å². The first-order valence-electron chi connectivity index (χ1n) is 8.59. The van der Waals surface area contributed by atoms with Crippen LogP contribution in [0.1, 0.15) is 46.3 Å². The average molecular weight is 360 g/mol. The fourth-order valence-electron chi connectivity index (χ4n) is 2.58. The van der Waals surface area contributed by atoms with Crippen LogP contribution in [0.15, 0.2) is 67.0 Å². The van der Waals surface area contributed by atoms with Crippen molar-refractivity contribution in [2.75, 3.05) is 5.32 Å². The molecular formula is C21H20N4O2. The first-order chi connectivity index (χ1) is 13.0. The number of nitrogens with one attached hydrogen (secondary N) is 2. The van der Waals surface area contributed by atoms with Crippen LogP contribution < -0.4 is 10.6 Å². The number of aromatic nitrogens is 2. The van der Waals surface area contributed by atoms with Crippen LogP contribution in [0.5, 0.6) is 0 Å². The van der Waals surface area contributed by atoms with Gasteiger partial charge in [0, 0.05) is 17.3 Å². The molecule has 0 saturated carbocycles. The van der Waals surface area contributed by atoms with Gasteiger partial charge in [0.2, 0.25) is 0 Å². The van der Waals surface area contributed by atoms with Crippen LogP contribution in [0.2, 0.25) is 0 Å². The van der Waals surface area contributed by atoms with Gasteiger partial charge < -0.3 is 10.6 Å². The van der Waals surface area contributed by atoms with Gasteiger partial charge in [-0.3, -0.25) is 9.59 Å². The number of rotatable bonds is 6. The zero-order chi connectivity index (χ0) is 19.2. The number of amides is 1. The normalized spacial score (nSPS) is 11.5. The molecule has 136 valence electrons. The second-order valence-electron chi connectivity index (χ2n) is 6.15. The molecule has 0 fully saturated rings. The van der Waals surface area contributed by atoms with Crippen molar-refractivity contribution >= 4 is 23.2 Å². The van der Waals surface area contributed by atoms with E-state index in [9.17, 15) is 9.59 Å². The van der Waals surface area contributed by atoms with Gasteiger partial charge in [-0.05, 0) is 43.7 Å². The summed E-state index contributed by atoms with van der Waals surface area (Å²) in [4.78, 5) is 32.0. The van der Waals surface area contributed by atoms with E-state index in [-0.39, 0.29) is 23.4 Å². The Bertz CT molecular complexity index is 940. The van der Waals surface area contributed by atoms with Crippen LogP contribution in [0.3, 0.4) is 0 Å². The third-order valence-corrected chi connectivity index (χ3v) is 4.11. The van der Waals surface area contributed by atoms with Gasteiger partial charge in [-0.1, -0.05) is 30.3 Å². The Kier molecular flexibility index (Phi) is 5.56. The van der Waals surface area contributed by atoms with Gasteiger partial charge in [0.1, 0.15) is 17.8 Å². The molecular weight excluding hydrogens is 340 g/mol. The molecule has 0 saturated heterocycles. The maximum Gasteiger partial charge on any atom is 0.270 e. The average Bonchev–Trinajstić information content (AvgIpc) is 2.69. The molecule has 3 rings (SSSR count). The van der Waals surface area contributed by atoms with Gasteiger partial charge >= 0.3 is 0 Å². The minimum atomic E-state index is -0.274. The van der Waals surface area contributed by atoms with Crippen molar-refractivity contribution in [2.24, 2.45) is 0 Å². The molecule has 0 aliphatic carbocycles. The molecule has 6 heteroatoms. The van der Waals surface area contributed by atoms with Crippen LogP contribution in [0, 0.1) is 0 Å². The molecule has 3 aromatic rings. The highest BCUT2D eigenvalue weighted by molar-refractivity contribution is 5.94. The summed E-state index contributed by atoms with van der Waals surface area (Å²) in [5.74, 6) is 0.233. The number of hydrogen-bond acceptors (Lipinski definition) is 5. The second kappa shape index (κ2) is 8.23. The molecule has 0 spiro atoms. The van der Waals surface area contributed by atoms with E-state index >= 15 is 0 Å². The van der Waals surface area contributed by atoms with Gasteiger partial charge in [0.15, 0.2) is 5.78 Å². The molecule has 0 radical (unpaired) electrons.